The summed E-state index contributed by atoms with van der Waals surface area (Å²) in [5.41, 5.74) is 7.36. The normalized spacial score (nSPS) is 25.0. The third-order valence-corrected chi connectivity index (χ3v) is 7.42. The Labute approximate surface area is 203 Å². The molecule has 3 atom stereocenters. The molecule has 10 heteroatoms. The van der Waals surface area contributed by atoms with Gasteiger partial charge >= 0.3 is 0 Å². The smallest absolute Gasteiger partial charge is 0.255 e. The zero-order valence-corrected chi connectivity index (χ0v) is 20.1. The Morgan fingerprint density at radius 2 is 1.86 bits per heavy atom. The van der Waals surface area contributed by atoms with E-state index in [9.17, 15) is 29.7 Å². The lowest BCUT2D eigenvalue weighted by atomic mass is 9.70. The number of rotatable bonds is 6. The second kappa shape index (κ2) is 9.87. The van der Waals surface area contributed by atoms with Gasteiger partial charge in [-0.3, -0.25) is 14.4 Å². The highest BCUT2D eigenvalue weighted by Gasteiger charge is 2.42. The second-order valence-corrected chi connectivity index (χ2v) is 9.85. The molecule has 1 amide bonds. The van der Waals surface area contributed by atoms with Crippen LogP contribution in [0.25, 0.3) is 0 Å². The van der Waals surface area contributed by atoms with Crippen molar-refractivity contribution in [3.63, 3.8) is 0 Å². The molecule has 35 heavy (non-hydrogen) atoms. The molecule has 0 spiro atoms. The van der Waals surface area contributed by atoms with Crippen LogP contribution < -0.4 is 15.5 Å². The number of phenolic OH excluding ortho intramolecular Hbond substituents is 1. The number of hydrogen-bond acceptors (Lipinski definition) is 9. The molecule has 1 aromatic carbocycles. The van der Waals surface area contributed by atoms with Gasteiger partial charge in [0.2, 0.25) is 0 Å². The number of fused-ring (bicyclic) bond motifs is 1. The van der Waals surface area contributed by atoms with Crippen molar-refractivity contribution in [2.24, 2.45) is 23.5 Å². The highest BCUT2D eigenvalue weighted by atomic mass is 16.5. The van der Waals surface area contributed by atoms with E-state index in [1.54, 1.807) is 0 Å². The first-order chi connectivity index (χ1) is 16.6. The maximum absolute atomic E-state index is 13.3. The fraction of sp³-hybridized carbons (Fsp3) is 0.560. The lowest BCUT2D eigenvalue weighted by molar-refractivity contribution is -0.127. The van der Waals surface area contributed by atoms with Crippen molar-refractivity contribution < 1.29 is 34.4 Å². The maximum atomic E-state index is 13.3. The highest BCUT2D eigenvalue weighted by Crippen LogP contribution is 2.46. The minimum atomic E-state index is -1.01. The Morgan fingerprint density at radius 3 is 2.46 bits per heavy atom. The van der Waals surface area contributed by atoms with E-state index in [-0.39, 0.29) is 36.1 Å². The maximum Gasteiger partial charge on any atom is 0.255 e. The Morgan fingerprint density at radius 1 is 1.17 bits per heavy atom. The number of aliphatic hydroxyl groups is 2. The number of Topliss-reactive ketones (excluding diaryl/α,β-unsaturated/α-hetero) is 2. The molecule has 1 aliphatic heterocycles. The van der Waals surface area contributed by atoms with E-state index in [0.29, 0.717) is 50.4 Å². The van der Waals surface area contributed by atoms with Crippen molar-refractivity contribution in [3.05, 3.63) is 28.5 Å². The van der Waals surface area contributed by atoms with Gasteiger partial charge in [0.25, 0.3) is 5.91 Å². The van der Waals surface area contributed by atoms with Crippen LogP contribution in [0, 0.1) is 17.8 Å². The Balaban J connectivity index is 1.65. The summed E-state index contributed by atoms with van der Waals surface area (Å²) in [4.78, 5) is 41.6. The van der Waals surface area contributed by atoms with Crippen LogP contribution in [0.4, 0.5) is 11.4 Å². The summed E-state index contributed by atoms with van der Waals surface area (Å²) in [6, 6.07) is 1.91. The number of morpholine rings is 1. The van der Waals surface area contributed by atoms with Gasteiger partial charge in [0.1, 0.15) is 17.1 Å². The van der Waals surface area contributed by atoms with Crippen LogP contribution in [-0.2, 0) is 20.7 Å². The molecule has 1 fully saturated rings. The summed E-state index contributed by atoms with van der Waals surface area (Å²) in [6.07, 6.45) is 1.11. The fourth-order valence-electron chi connectivity index (χ4n) is 5.73. The minimum Gasteiger partial charge on any atom is -0.511 e. The Kier molecular flexibility index (Phi) is 7.05. The van der Waals surface area contributed by atoms with Crippen molar-refractivity contribution in [1.82, 2.24) is 0 Å². The SMILES string of the molecule is CN(C)c1cc(N2CCOCC2)c(O)c2c1C[C@@H](C[C@H]1CC(O)=C(C(N)=O)C(=O)C1CO)CC2=O. The standard InChI is InChI=1S/C25H33N3O7/c1-27(2)17-11-18(28-3-5-35-6-4-28)24(33)21-15(17)8-13(9-19(21)30)7-14-10-20(31)22(25(26)34)23(32)16(14)12-29/h11,13-14,16,29,31,33H,3-10,12H2,1-2H3,(H2,26,34)/t13-,14+,16?/m1/s1. The fourth-order valence-corrected chi connectivity index (χ4v) is 5.73. The number of nitrogens with zero attached hydrogens (tertiary/aromatic N) is 2. The van der Waals surface area contributed by atoms with E-state index in [1.807, 2.05) is 30.0 Å². The topological polar surface area (TPSA) is 154 Å². The van der Waals surface area contributed by atoms with Crippen LogP contribution in [-0.4, -0.2) is 79.8 Å². The molecule has 0 bridgehead atoms. The number of carbonyl (C=O) groups excluding carboxylic acids is 3. The predicted octanol–water partition coefficient (Wildman–Crippen LogP) is 0.925. The summed E-state index contributed by atoms with van der Waals surface area (Å²) in [5, 5.41) is 31.3. The number of hydrogen-bond donors (Lipinski definition) is 4. The number of carbonyl (C=O) groups is 3. The second-order valence-electron chi connectivity index (χ2n) is 9.85. The third kappa shape index (κ3) is 4.60. The molecule has 1 heterocycles. The summed E-state index contributed by atoms with van der Waals surface area (Å²) in [6.45, 7) is 1.87. The Hall–Kier alpha value is -3.11. The quantitative estimate of drug-likeness (QED) is 0.429. The van der Waals surface area contributed by atoms with E-state index in [4.69, 9.17) is 10.5 Å². The number of anilines is 2. The van der Waals surface area contributed by atoms with E-state index < -0.39 is 35.7 Å². The molecular formula is C25H33N3O7. The van der Waals surface area contributed by atoms with Gasteiger partial charge in [-0.25, -0.2) is 0 Å². The summed E-state index contributed by atoms with van der Waals surface area (Å²) < 4.78 is 5.42. The first-order valence-corrected chi connectivity index (χ1v) is 11.9. The number of allylic oxidation sites excluding steroid dienone is 1. The summed E-state index contributed by atoms with van der Waals surface area (Å²) >= 11 is 0. The largest absolute Gasteiger partial charge is 0.511 e. The van der Waals surface area contributed by atoms with Crippen molar-refractivity contribution in [3.8, 4) is 5.75 Å². The number of aliphatic hydroxyl groups excluding tert-OH is 2. The van der Waals surface area contributed by atoms with Crippen molar-refractivity contribution in [2.45, 2.75) is 25.7 Å². The molecule has 1 unspecified atom stereocenters. The van der Waals surface area contributed by atoms with Crippen LogP contribution in [0.5, 0.6) is 5.75 Å². The number of benzene rings is 1. The number of ether oxygens (including phenoxy) is 1. The van der Waals surface area contributed by atoms with Gasteiger partial charge in [-0.05, 0) is 36.3 Å². The molecule has 0 aromatic heterocycles. The number of aromatic hydroxyl groups is 1. The van der Waals surface area contributed by atoms with Gasteiger partial charge in [0.15, 0.2) is 11.6 Å². The average Bonchev–Trinajstić information content (AvgIpc) is 2.79. The molecular weight excluding hydrogens is 454 g/mol. The van der Waals surface area contributed by atoms with E-state index >= 15 is 0 Å². The van der Waals surface area contributed by atoms with Gasteiger partial charge in [-0.15, -0.1) is 0 Å². The zero-order valence-electron chi connectivity index (χ0n) is 20.1. The zero-order chi connectivity index (χ0) is 25.4. The predicted molar refractivity (Wildman–Crippen MR) is 129 cm³/mol. The molecule has 0 saturated carbocycles. The molecule has 2 aliphatic carbocycles. The minimum absolute atomic E-state index is 0.0105. The summed E-state index contributed by atoms with van der Waals surface area (Å²) in [5.74, 6) is -3.66. The average molecular weight is 488 g/mol. The van der Waals surface area contributed by atoms with Crippen molar-refractivity contribution in [2.75, 3.05) is 56.8 Å². The van der Waals surface area contributed by atoms with Crippen LogP contribution in [0.3, 0.4) is 0 Å². The van der Waals surface area contributed by atoms with Crippen LogP contribution in [0.15, 0.2) is 17.4 Å². The van der Waals surface area contributed by atoms with Crippen LogP contribution in [0.1, 0.15) is 35.2 Å². The molecule has 1 aromatic rings. The number of amides is 1. The molecule has 190 valence electrons. The van der Waals surface area contributed by atoms with E-state index in [1.165, 1.54) is 0 Å². The van der Waals surface area contributed by atoms with Crippen molar-refractivity contribution in [1.29, 1.82) is 0 Å². The third-order valence-electron chi connectivity index (χ3n) is 7.42. The van der Waals surface area contributed by atoms with Gasteiger partial charge in [-0.1, -0.05) is 0 Å². The molecule has 0 radical (unpaired) electrons. The molecule has 3 aliphatic rings. The van der Waals surface area contributed by atoms with Crippen LogP contribution >= 0.6 is 0 Å². The van der Waals surface area contributed by atoms with Gasteiger partial charge in [0.05, 0.1) is 31.1 Å². The van der Waals surface area contributed by atoms with E-state index in [2.05, 4.69) is 0 Å². The molecule has 5 N–H and O–H groups in total. The summed E-state index contributed by atoms with van der Waals surface area (Å²) in [7, 11) is 3.78. The van der Waals surface area contributed by atoms with E-state index in [0.717, 1.165) is 11.3 Å². The van der Waals surface area contributed by atoms with Gasteiger partial charge < -0.3 is 35.6 Å². The lowest BCUT2D eigenvalue weighted by Gasteiger charge is -2.36. The number of nitrogens with two attached hydrogens (primary N) is 1. The lowest BCUT2D eigenvalue weighted by Crippen LogP contribution is -2.39. The highest BCUT2D eigenvalue weighted by molar-refractivity contribution is 6.20. The van der Waals surface area contributed by atoms with Gasteiger partial charge in [-0.2, -0.15) is 0 Å². The first kappa shape index (κ1) is 25.0. The Bertz CT molecular complexity index is 1080. The number of ketones is 2. The molecule has 10 nitrogen and oxygen atoms in total. The number of primary amides is 1. The van der Waals surface area contributed by atoms with Gasteiger partial charge in [0, 0.05) is 51.6 Å². The monoisotopic (exact) mass is 487 g/mol. The molecule has 4 rings (SSSR count). The number of phenols is 1. The van der Waals surface area contributed by atoms with Crippen molar-refractivity contribution >= 4 is 28.8 Å². The van der Waals surface area contributed by atoms with Crippen LogP contribution in [0.2, 0.25) is 0 Å². The first-order valence-electron chi connectivity index (χ1n) is 11.9. The molecule has 1 saturated heterocycles.